The highest BCUT2D eigenvalue weighted by atomic mass is 16.5. The molecule has 4 heterocycles. The zero-order valence-corrected chi connectivity index (χ0v) is 20.6. The Hall–Kier alpha value is -4.23. The molecule has 0 saturated carbocycles. The average Bonchev–Trinajstić information content (AvgIpc) is 3.27. The fourth-order valence-corrected chi connectivity index (χ4v) is 4.83. The number of aromatic nitrogens is 4. The number of rotatable bonds is 6. The third-order valence-corrected chi connectivity index (χ3v) is 6.51. The van der Waals surface area contributed by atoms with Crippen LogP contribution in [0.2, 0.25) is 0 Å². The fraction of sp³-hybridized carbons (Fsp3) is 0.346. The van der Waals surface area contributed by atoms with Gasteiger partial charge in [0, 0.05) is 48.8 Å². The summed E-state index contributed by atoms with van der Waals surface area (Å²) in [5, 5.41) is 16.8. The molecule has 0 spiro atoms. The third-order valence-electron chi connectivity index (χ3n) is 6.51. The molecule has 0 atom stereocenters. The molecule has 0 radical (unpaired) electrons. The maximum atomic E-state index is 13.4. The lowest BCUT2D eigenvalue weighted by molar-refractivity contribution is 0.102. The normalized spacial score (nSPS) is 14.2. The number of aryl methyl sites for hydroxylation is 1. The quantitative estimate of drug-likeness (QED) is 0.428. The van der Waals surface area contributed by atoms with Crippen molar-refractivity contribution in [3.63, 3.8) is 0 Å². The van der Waals surface area contributed by atoms with Gasteiger partial charge in [0.1, 0.15) is 6.07 Å². The molecule has 2 N–H and O–H groups in total. The first-order valence-electron chi connectivity index (χ1n) is 12.0. The highest BCUT2D eigenvalue weighted by Crippen LogP contribution is 2.31. The largest absolute Gasteiger partial charge is 0.467 e. The van der Waals surface area contributed by atoms with Crippen LogP contribution in [0.3, 0.4) is 0 Å². The number of anilines is 2. The minimum absolute atomic E-state index is 0.196. The van der Waals surface area contributed by atoms with Crippen molar-refractivity contribution in [1.82, 2.24) is 24.7 Å². The van der Waals surface area contributed by atoms with Crippen LogP contribution in [0.1, 0.15) is 41.4 Å². The molecular weight excluding hydrogens is 456 g/mol. The first kappa shape index (κ1) is 23.5. The van der Waals surface area contributed by atoms with Gasteiger partial charge < -0.3 is 24.7 Å². The van der Waals surface area contributed by atoms with Crippen LogP contribution in [0.5, 0.6) is 6.01 Å². The number of benzene rings is 1. The number of hydrogen-bond donors (Lipinski definition) is 2. The van der Waals surface area contributed by atoms with Crippen molar-refractivity contribution in [3.05, 3.63) is 53.6 Å². The van der Waals surface area contributed by atoms with Crippen molar-refractivity contribution in [2.75, 3.05) is 37.0 Å². The summed E-state index contributed by atoms with van der Waals surface area (Å²) in [5.41, 5.74) is 4.13. The fourth-order valence-electron chi connectivity index (χ4n) is 4.83. The molecule has 10 nitrogen and oxygen atoms in total. The molecule has 1 saturated heterocycles. The second-order valence-electron chi connectivity index (χ2n) is 8.89. The molecule has 4 aromatic rings. The smallest absolute Gasteiger partial charge is 0.316 e. The monoisotopic (exact) mass is 484 g/mol. The first-order valence-corrected chi connectivity index (χ1v) is 12.0. The van der Waals surface area contributed by atoms with Gasteiger partial charge in [0.25, 0.3) is 5.91 Å². The molecule has 1 aliphatic heterocycles. The second-order valence-corrected chi connectivity index (χ2v) is 8.89. The van der Waals surface area contributed by atoms with Gasteiger partial charge in [-0.15, -0.1) is 0 Å². The number of imidazole rings is 1. The lowest BCUT2D eigenvalue weighted by Crippen LogP contribution is -2.42. The van der Waals surface area contributed by atoms with E-state index in [1.807, 2.05) is 19.2 Å². The molecular formula is C26H28N8O2. The summed E-state index contributed by atoms with van der Waals surface area (Å²) in [4.78, 5) is 29.0. The zero-order chi connectivity index (χ0) is 25.2. The summed E-state index contributed by atoms with van der Waals surface area (Å²) in [5.74, 6) is -0.335. The summed E-state index contributed by atoms with van der Waals surface area (Å²) >= 11 is 0. The van der Waals surface area contributed by atoms with Crippen molar-refractivity contribution in [2.45, 2.75) is 32.7 Å². The standard InChI is InChI=1S/C26H28N8O2/c1-4-28-18-7-9-33(10-8-18)22-6-5-20(23-21(22)13-29-26(32-23)36-3)25(35)31-19-11-17(12-27)24-30-16(2)14-34(24)15-19/h5-6,11,13-15,18,28H,4,7-10H2,1-3H3,(H,31,35). The van der Waals surface area contributed by atoms with Crippen LogP contribution in [0.4, 0.5) is 11.4 Å². The number of hydrogen-bond acceptors (Lipinski definition) is 8. The molecule has 0 aliphatic carbocycles. The van der Waals surface area contributed by atoms with E-state index in [1.165, 1.54) is 7.11 Å². The summed E-state index contributed by atoms with van der Waals surface area (Å²) in [7, 11) is 1.50. The summed E-state index contributed by atoms with van der Waals surface area (Å²) in [6.45, 7) is 6.77. The number of carbonyl (C=O) groups is 1. The molecule has 3 aromatic heterocycles. The number of methoxy groups -OCH3 is 1. The van der Waals surface area contributed by atoms with Gasteiger partial charge in [-0.3, -0.25) is 4.79 Å². The predicted octanol–water partition coefficient (Wildman–Crippen LogP) is 3.30. The van der Waals surface area contributed by atoms with Crippen LogP contribution in [0.15, 0.2) is 36.8 Å². The van der Waals surface area contributed by atoms with Gasteiger partial charge in [0.15, 0.2) is 5.65 Å². The number of nitrogens with one attached hydrogen (secondary N) is 2. The molecule has 0 unspecified atom stereocenters. The third kappa shape index (κ3) is 4.41. The van der Waals surface area contributed by atoms with E-state index in [1.54, 1.807) is 28.9 Å². The van der Waals surface area contributed by atoms with E-state index in [4.69, 9.17) is 4.74 Å². The van der Waals surface area contributed by atoms with Gasteiger partial charge in [-0.2, -0.15) is 10.2 Å². The Bertz CT molecular complexity index is 1480. The van der Waals surface area contributed by atoms with Crippen LogP contribution in [0.25, 0.3) is 16.6 Å². The average molecular weight is 485 g/mol. The molecule has 0 bridgehead atoms. The Labute approximate surface area is 208 Å². The molecule has 10 heteroatoms. The molecule has 1 fully saturated rings. The topological polar surface area (TPSA) is 120 Å². The van der Waals surface area contributed by atoms with Crippen LogP contribution in [0, 0.1) is 18.3 Å². The van der Waals surface area contributed by atoms with Crippen LogP contribution < -0.4 is 20.3 Å². The molecule has 1 amide bonds. The molecule has 1 aliphatic rings. The number of ether oxygens (including phenoxy) is 1. The van der Waals surface area contributed by atoms with Crippen molar-refractivity contribution in [1.29, 1.82) is 5.26 Å². The van der Waals surface area contributed by atoms with Crippen molar-refractivity contribution in [2.24, 2.45) is 0 Å². The first-order chi connectivity index (χ1) is 17.5. The van der Waals surface area contributed by atoms with Crippen molar-refractivity contribution < 1.29 is 9.53 Å². The van der Waals surface area contributed by atoms with Gasteiger partial charge in [-0.1, -0.05) is 6.92 Å². The van der Waals surface area contributed by atoms with Gasteiger partial charge in [0.05, 0.1) is 35.1 Å². The van der Waals surface area contributed by atoms with Crippen LogP contribution >= 0.6 is 0 Å². The van der Waals surface area contributed by atoms with Crippen molar-refractivity contribution in [3.8, 4) is 12.1 Å². The number of pyridine rings is 1. The molecule has 184 valence electrons. The van der Waals surface area contributed by atoms with Gasteiger partial charge in [-0.05, 0) is 44.5 Å². The van der Waals surface area contributed by atoms with Crippen LogP contribution in [-0.4, -0.2) is 58.0 Å². The molecule has 5 rings (SSSR count). The Morgan fingerprint density at radius 2 is 2.06 bits per heavy atom. The van der Waals surface area contributed by atoms with Crippen molar-refractivity contribution >= 4 is 33.8 Å². The lowest BCUT2D eigenvalue weighted by Gasteiger charge is -2.34. The SMILES string of the molecule is CCNC1CCN(c2ccc(C(=O)Nc3cc(C#N)c4nc(C)cn4c3)c3nc(OC)ncc23)CC1. The maximum Gasteiger partial charge on any atom is 0.316 e. The number of amides is 1. The second kappa shape index (κ2) is 9.79. The van der Waals surface area contributed by atoms with E-state index in [2.05, 4.69) is 43.5 Å². The Kier molecular flexibility index (Phi) is 6.40. The highest BCUT2D eigenvalue weighted by molar-refractivity contribution is 6.13. The number of carbonyl (C=O) groups excluding carboxylic acids is 1. The van der Waals surface area contributed by atoms with Crippen LogP contribution in [-0.2, 0) is 0 Å². The summed E-state index contributed by atoms with van der Waals surface area (Å²) < 4.78 is 7.00. The lowest BCUT2D eigenvalue weighted by atomic mass is 10.0. The molecule has 36 heavy (non-hydrogen) atoms. The van der Waals surface area contributed by atoms with E-state index < -0.39 is 0 Å². The highest BCUT2D eigenvalue weighted by Gasteiger charge is 2.23. The Morgan fingerprint density at radius 3 is 2.78 bits per heavy atom. The van der Waals surface area contributed by atoms with E-state index in [0.717, 1.165) is 49.2 Å². The van der Waals surface area contributed by atoms with E-state index in [9.17, 15) is 10.1 Å². The van der Waals surface area contributed by atoms with Gasteiger partial charge in [-0.25, -0.2) is 9.97 Å². The number of nitrogens with zero attached hydrogens (tertiary/aromatic N) is 6. The Morgan fingerprint density at radius 1 is 1.25 bits per heavy atom. The van der Waals surface area contributed by atoms with E-state index >= 15 is 0 Å². The van der Waals surface area contributed by atoms with E-state index in [0.29, 0.717) is 34.0 Å². The van der Waals surface area contributed by atoms with Gasteiger partial charge in [0.2, 0.25) is 0 Å². The minimum atomic E-state index is -0.335. The number of piperidine rings is 1. The minimum Gasteiger partial charge on any atom is -0.467 e. The summed E-state index contributed by atoms with van der Waals surface area (Å²) in [6, 6.07) is 8.25. The summed E-state index contributed by atoms with van der Waals surface area (Å²) in [6.07, 6.45) is 7.37. The van der Waals surface area contributed by atoms with Gasteiger partial charge >= 0.3 is 6.01 Å². The zero-order valence-electron chi connectivity index (χ0n) is 20.6. The maximum absolute atomic E-state index is 13.4. The predicted molar refractivity (Wildman–Crippen MR) is 138 cm³/mol. The molecule has 1 aromatic carbocycles. The number of fused-ring (bicyclic) bond motifs is 2. The number of nitriles is 1. The Balaban J connectivity index is 1.49. The van der Waals surface area contributed by atoms with E-state index in [-0.39, 0.29) is 11.9 Å².